The van der Waals surface area contributed by atoms with Crippen LogP contribution in [-0.2, 0) is 6.54 Å². The standard InChI is InChI=1S/C22H28N6O3/c1-4-6-12-10-31-16-9-13(20(24)29)8-14-17(16)18(12)22(25,19(14)23)26-21(30)15-7-11(3)27-28(15)5-2/h4,7-9,12,18-19H,1,5-6,10,23,25H2,2-3H3,(H2,24,29)(H,26,30)/t12-,18?,19?,22-/m1/s1. The molecule has 0 fully saturated rings. The van der Waals surface area contributed by atoms with Gasteiger partial charge < -0.3 is 27.3 Å². The van der Waals surface area contributed by atoms with E-state index in [0.717, 1.165) is 11.3 Å². The van der Waals surface area contributed by atoms with E-state index >= 15 is 0 Å². The van der Waals surface area contributed by atoms with Crippen LogP contribution >= 0.6 is 0 Å². The third-order valence-electron chi connectivity index (χ3n) is 6.29. The molecular weight excluding hydrogens is 396 g/mol. The van der Waals surface area contributed by atoms with Crippen LogP contribution in [0, 0.1) is 12.8 Å². The maximum atomic E-state index is 13.3. The molecule has 0 radical (unpaired) electrons. The van der Waals surface area contributed by atoms with Gasteiger partial charge in [0.2, 0.25) is 5.91 Å². The number of nitrogens with one attached hydrogen (secondary N) is 1. The fourth-order valence-corrected chi connectivity index (χ4v) is 4.91. The molecule has 2 amide bonds. The highest BCUT2D eigenvalue weighted by Crippen LogP contribution is 2.55. The number of nitrogens with two attached hydrogens (primary N) is 3. The van der Waals surface area contributed by atoms with Crippen LogP contribution in [0.3, 0.4) is 0 Å². The lowest BCUT2D eigenvalue weighted by atomic mass is 9.77. The van der Waals surface area contributed by atoms with Crippen LogP contribution in [-0.4, -0.2) is 33.9 Å². The Morgan fingerprint density at radius 1 is 1.42 bits per heavy atom. The molecule has 9 heteroatoms. The van der Waals surface area contributed by atoms with Gasteiger partial charge in [-0.15, -0.1) is 6.58 Å². The molecule has 2 aromatic rings. The molecule has 2 heterocycles. The zero-order valence-corrected chi connectivity index (χ0v) is 17.7. The van der Waals surface area contributed by atoms with E-state index in [9.17, 15) is 9.59 Å². The molecule has 2 unspecified atom stereocenters. The number of benzene rings is 1. The first-order valence-corrected chi connectivity index (χ1v) is 10.3. The number of carbonyl (C=O) groups excluding carboxylic acids is 2. The lowest BCUT2D eigenvalue weighted by Gasteiger charge is -2.41. The van der Waals surface area contributed by atoms with Gasteiger partial charge in [-0.3, -0.25) is 14.3 Å². The lowest BCUT2D eigenvalue weighted by Crippen LogP contribution is -2.64. The Balaban J connectivity index is 1.80. The third-order valence-corrected chi connectivity index (χ3v) is 6.29. The number of primary amides is 1. The maximum absolute atomic E-state index is 13.3. The average Bonchev–Trinajstić information content (AvgIpc) is 3.22. The molecule has 7 N–H and O–H groups in total. The summed E-state index contributed by atoms with van der Waals surface area (Å²) in [6.07, 6.45) is 2.44. The number of carbonyl (C=O) groups is 2. The number of allylic oxidation sites excluding steroid dienone is 1. The van der Waals surface area contributed by atoms with Crippen molar-refractivity contribution in [3.05, 3.63) is 58.9 Å². The fourth-order valence-electron chi connectivity index (χ4n) is 4.91. The normalized spacial score (nSPS) is 26.1. The largest absolute Gasteiger partial charge is 0.493 e. The summed E-state index contributed by atoms with van der Waals surface area (Å²) in [5.74, 6) is -0.763. The summed E-state index contributed by atoms with van der Waals surface area (Å²) in [6.45, 7) is 8.49. The van der Waals surface area contributed by atoms with Crippen LogP contribution in [0.4, 0.5) is 0 Å². The van der Waals surface area contributed by atoms with Crippen LogP contribution in [0.2, 0.25) is 0 Å². The van der Waals surface area contributed by atoms with Gasteiger partial charge in [-0.2, -0.15) is 5.10 Å². The van der Waals surface area contributed by atoms with Crippen molar-refractivity contribution in [1.82, 2.24) is 15.1 Å². The van der Waals surface area contributed by atoms with Crippen LogP contribution < -0.4 is 27.3 Å². The SMILES string of the molecule is C=CC[C@@H]1COc2cc(C(N)=O)cc3c2C1[C@@](N)(NC(=O)c1cc(C)nn1CC)C3N. The first kappa shape index (κ1) is 21.1. The number of ether oxygens (including phenoxy) is 1. The van der Waals surface area contributed by atoms with Gasteiger partial charge in [-0.25, -0.2) is 0 Å². The van der Waals surface area contributed by atoms with E-state index in [-0.39, 0.29) is 17.7 Å². The van der Waals surface area contributed by atoms with E-state index in [1.54, 1.807) is 29.0 Å². The Kier molecular flexibility index (Phi) is 5.10. The lowest BCUT2D eigenvalue weighted by molar-refractivity contribution is 0.0793. The Morgan fingerprint density at radius 2 is 2.16 bits per heavy atom. The first-order valence-electron chi connectivity index (χ1n) is 10.3. The zero-order valence-electron chi connectivity index (χ0n) is 17.7. The number of nitrogens with zero attached hydrogens (tertiary/aromatic N) is 2. The minimum absolute atomic E-state index is 0.0418. The Morgan fingerprint density at radius 3 is 2.81 bits per heavy atom. The van der Waals surface area contributed by atoms with Crippen LogP contribution in [0.15, 0.2) is 30.9 Å². The van der Waals surface area contributed by atoms with Crippen LogP contribution in [0.1, 0.15) is 63.0 Å². The molecule has 31 heavy (non-hydrogen) atoms. The first-order chi connectivity index (χ1) is 14.7. The minimum Gasteiger partial charge on any atom is -0.493 e. The Labute approximate surface area is 180 Å². The van der Waals surface area contributed by atoms with Crippen molar-refractivity contribution >= 4 is 11.8 Å². The molecule has 4 rings (SSSR count). The van der Waals surface area contributed by atoms with Gasteiger partial charge in [0, 0.05) is 29.5 Å². The van der Waals surface area contributed by atoms with E-state index < -0.39 is 17.6 Å². The highest BCUT2D eigenvalue weighted by Gasteiger charge is 2.56. The van der Waals surface area contributed by atoms with E-state index in [4.69, 9.17) is 21.9 Å². The van der Waals surface area contributed by atoms with Crippen molar-refractivity contribution in [3.8, 4) is 5.75 Å². The predicted molar refractivity (Wildman–Crippen MR) is 115 cm³/mol. The molecule has 1 aliphatic carbocycles. The second-order valence-electron chi connectivity index (χ2n) is 8.27. The maximum Gasteiger partial charge on any atom is 0.271 e. The number of amides is 2. The van der Waals surface area contributed by atoms with Gasteiger partial charge in [0.05, 0.1) is 18.3 Å². The van der Waals surface area contributed by atoms with Gasteiger partial charge in [0.15, 0.2) is 0 Å². The summed E-state index contributed by atoms with van der Waals surface area (Å²) in [5, 5.41) is 7.35. The molecule has 0 spiro atoms. The molecule has 9 nitrogen and oxygen atoms in total. The second-order valence-corrected chi connectivity index (χ2v) is 8.27. The summed E-state index contributed by atoms with van der Waals surface area (Å²) in [7, 11) is 0. The van der Waals surface area contributed by atoms with Crippen molar-refractivity contribution in [2.45, 2.75) is 44.4 Å². The molecule has 1 aromatic heterocycles. The van der Waals surface area contributed by atoms with E-state index in [0.29, 0.717) is 42.1 Å². The van der Waals surface area contributed by atoms with Crippen molar-refractivity contribution in [3.63, 3.8) is 0 Å². The Bertz CT molecular complexity index is 1080. The minimum atomic E-state index is -1.29. The van der Waals surface area contributed by atoms with Crippen molar-refractivity contribution in [2.75, 3.05) is 6.61 Å². The monoisotopic (exact) mass is 424 g/mol. The summed E-state index contributed by atoms with van der Waals surface area (Å²) < 4.78 is 7.58. The van der Waals surface area contributed by atoms with Gasteiger partial charge in [-0.05, 0) is 44.0 Å². The number of hydrogen-bond donors (Lipinski definition) is 4. The molecule has 0 saturated carbocycles. The molecule has 164 valence electrons. The number of hydrogen-bond acceptors (Lipinski definition) is 6. The van der Waals surface area contributed by atoms with Crippen LogP contribution in [0.25, 0.3) is 0 Å². The summed E-state index contributed by atoms with van der Waals surface area (Å²) in [6, 6.07) is 4.23. The molecule has 1 aromatic carbocycles. The number of aromatic nitrogens is 2. The van der Waals surface area contributed by atoms with Gasteiger partial charge in [-0.1, -0.05) is 6.08 Å². The highest BCUT2D eigenvalue weighted by atomic mass is 16.5. The molecule has 1 aliphatic heterocycles. The van der Waals surface area contributed by atoms with Crippen molar-refractivity contribution in [1.29, 1.82) is 0 Å². The fraction of sp³-hybridized carbons (Fsp3) is 0.409. The smallest absolute Gasteiger partial charge is 0.271 e. The van der Waals surface area contributed by atoms with E-state index in [1.165, 1.54) is 0 Å². The van der Waals surface area contributed by atoms with Crippen molar-refractivity contribution in [2.24, 2.45) is 23.1 Å². The van der Waals surface area contributed by atoms with Crippen LogP contribution in [0.5, 0.6) is 5.75 Å². The third kappa shape index (κ3) is 3.21. The topological polar surface area (TPSA) is 151 Å². The van der Waals surface area contributed by atoms with Gasteiger partial charge in [0.25, 0.3) is 5.91 Å². The molecule has 4 atom stereocenters. The van der Waals surface area contributed by atoms with E-state index in [1.807, 2.05) is 13.8 Å². The van der Waals surface area contributed by atoms with Gasteiger partial charge >= 0.3 is 0 Å². The number of rotatable bonds is 6. The molecule has 0 bridgehead atoms. The average molecular weight is 425 g/mol. The predicted octanol–water partition coefficient (Wildman–Crippen LogP) is 1.08. The quantitative estimate of drug-likeness (QED) is 0.402. The summed E-state index contributed by atoms with van der Waals surface area (Å²) in [4.78, 5) is 25.1. The number of aryl methyl sites for hydroxylation is 2. The second kappa shape index (κ2) is 7.51. The highest BCUT2D eigenvalue weighted by molar-refractivity contribution is 5.95. The van der Waals surface area contributed by atoms with E-state index in [2.05, 4.69) is 17.0 Å². The molecule has 2 aliphatic rings. The Hall–Kier alpha value is -3.17. The van der Waals surface area contributed by atoms with Gasteiger partial charge in [0.1, 0.15) is 17.1 Å². The summed E-state index contributed by atoms with van der Waals surface area (Å²) in [5.41, 5.74) is 20.7. The van der Waals surface area contributed by atoms with Crippen molar-refractivity contribution < 1.29 is 14.3 Å². The summed E-state index contributed by atoms with van der Waals surface area (Å²) >= 11 is 0. The zero-order chi connectivity index (χ0) is 22.5. The molecule has 0 saturated heterocycles. The molecular formula is C22H28N6O3.